The Balaban J connectivity index is 2.29. The fourth-order valence-electron chi connectivity index (χ4n) is 2.52. The zero-order valence-corrected chi connectivity index (χ0v) is 11.4. The first kappa shape index (κ1) is 13.3. The number of nitrogens with zero attached hydrogens (tertiary/aromatic N) is 3. The topological polar surface area (TPSA) is 66.2 Å². The Kier molecular flexibility index (Phi) is 3.70. The average Bonchev–Trinajstić information content (AvgIpc) is 2.79. The van der Waals surface area contributed by atoms with E-state index >= 15 is 0 Å². The summed E-state index contributed by atoms with van der Waals surface area (Å²) in [5, 5.41) is 9.24. The monoisotopic (exact) mass is 259 g/mol. The van der Waals surface area contributed by atoms with E-state index in [1.807, 2.05) is 24.8 Å². The van der Waals surface area contributed by atoms with Crippen LogP contribution in [0.1, 0.15) is 18.1 Å². The second-order valence-electron chi connectivity index (χ2n) is 4.95. The molecule has 0 N–H and O–H groups in total. The standard InChI is InChI=1S/C14H17N3O2/c1-9-4-5-16-13(11(9)6-15)17-7-10(2)12(8-17)14(18)19-3/h4-5,10,12H,7-8H2,1-3H3. The van der Waals surface area contributed by atoms with E-state index in [0.717, 1.165) is 5.56 Å². The van der Waals surface area contributed by atoms with Gasteiger partial charge in [-0.3, -0.25) is 4.79 Å². The summed E-state index contributed by atoms with van der Waals surface area (Å²) in [5.41, 5.74) is 1.49. The van der Waals surface area contributed by atoms with Gasteiger partial charge in [-0.2, -0.15) is 5.26 Å². The van der Waals surface area contributed by atoms with Crippen LogP contribution in [0.5, 0.6) is 0 Å². The normalized spacial score (nSPS) is 22.1. The van der Waals surface area contributed by atoms with E-state index in [0.29, 0.717) is 24.5 Å². The first-order valence-electron chi connectivity index (χ1n) is 6.27. The van der Waals surface area contributed by atoms with Crippen LogP contribution in [0.15, 0.2) is 12.3 Å². The Hall–Kier alpha value is -2.09. The lowest BCUT2D eigenvalue weighted by molar-refractivity contribution is -0.145. The van der Waals surface area contributed by atoms with Crippen molar-refractivity contribution in [3.05, 3.63) is 23.4 Å². The van der Waals surface area contributed by atoms with E-state index in [4.69, 9.17) is 4.74 Å². The van der Waals surface area contributed by atoms with Gasteiger partial charge >= 0.3 is 5.97 Å². The predicted molar refractivity (Wildman–Crippen MR) is 70.6 cm³/mol. The van der Waals surface area contributed by atoms with E-state index in [-0.39, 0.29) is 17.8 Å². The molecule has 0 radical (unpaired) electrons. The lowest BCUT2D eigenvalue weighted by Crippen LogP contribution is -2.25. The molecule has 0 aliphatic carbocycles. The van der Waals surface area contributed by atoms with Crippen molar-refractivity contribution >= 4 is 11.8 Å². The molecule has 2 heterocycles. The van der Waals surface area contributed by atoms with Crippen LogP contribution in [0.2, 0.25) is 0 Å². The van der Waals surface area contributed by atoms with Gasteiger partial charge in [-0.15, -0.1) is 0 Å². The number of hydrogen-bond acceptors (Lipinski definition) is 5. The summed E-state index contributed by atoms with van der Waals surface area (Å²) < 4.78 is 4.82. The number of methoxy groups -OCH3 is 1. The second-order valence-corrected chi connectivity index (χ2v) is 4.95. The molecule has 1 aliphatic rings. The molecule has 1 aromatic heterocycles. The van der Waals surface area contributed by atoms with E-state index in [1.54, 1.807) is 6.20 Å². The fourth-order valence-corrected chi connectivity index (χ4v) is 2.52. The molecule has 0 amide bonds. The quantitative estimate of drug-likeness (QED) is 0.753. The Labute approximate surface area is 112 Å². The SMILES string of the molecule is COC(=O)C1CN(c2nccc(C)c2C#N)CC1C. The van der Waals surface area contributed by atoms with Crippen molar-refractivity contribution in [3.8, 4) is 6.07 Å². The van der Waals surface area contributed by atoms with Crippen LogP contribution in [-0.2, 0) is 9.53 Å². The fraction of sp³-hybridized carbons (Fsp3) is 0.500. The maximum Gasteiger partial charge on any atom is 0.310 e. The lowest BCUT2D eigenvalue weighted by atomic mass is 9.99. The van der Waals surface area contributed by atoms with Gasteiger partial charge in [0.15, 0.2) is 0 Å². The third-order valence-electron chi connectivity index (χ3n) is 3.67. The predicted octanol–water partition coefficient (Wildman–Crippen LogP) is 1.51. The van der Waals surface area contributed by atoms with Crippen molar-refractivity contribution < 1.29 is 9.53 Å². The molecule has 2 unspecified atom stereocenters. The van der Waals surface area contributed by atoms with Gasteiger partial charge in [0.1, 0.15) is 11.9 Å². The first-order valence-corrected chi connectivity index (χ1v) is 6.27. The van der Waals surface area contributed by atoms with Gasteiger partial charge in [0.05, 0.1) is 18.6 Å². The van der Waals surface area contributed by atoms with E-state index in [9.17, 15) is 10.1 Å². The van der Waals surface area contributed by atoms with Crippen molar-refractivity contribution in [2.45, 2.75) is 13.8 Å². The number of hydrogen-bond donors (Lipinski definition) is 0. The molecule has 2 rings (SSSR count). The van der Waals surface area contributed by atoms with Gasteiger partial charge < -0.3 is 9.64 Å². The van der Waals surface area contributed by atoms with Crippen LogP contribution >= 0.6 is 0 Å². The van der Waals surface area contributed by atoms with E-state index in [1.165, 1.54) is 7.11 Å². The van der Waals surface area contributed by atoms with Gasteiger partial charge in [-0.25, -0.2) is 4.98 Å². The van der Waals surface area contributed by atoms with Gasteiger partial charge in [-0.05, 0) is 24.5 Å². The van der Waals surface area contributed by atoms with Gasteiger partial charge in [0.25, 0.3) is 0 Å². The largest absolute Gasteiger partial charge is 0.469 e. The highest BCUT2D eigenvalue weighted by molar-refractivity contribution is 5.75. The molecule has 1 fully saturated rings. The highest BCUT2D eigenvalue weighted by atomic mass is 16.5. The van der Waals surface area contributed by atoms with Gasteiger partial charge in [-0.1, -0.05) is 6.92 Å². The maximum atomic E-state index is 11.7. The number of rotatable bonds is 2. The Morgan fingerprint density at radius 1 is 1.58 bits per heavy atom. The molecule has 100 valence electrons. The minimum Gasteiger partial charge on any atom is -0.469 e. The molecular weight excluding hydrogens is 242 g/mol. The highest BCUT2D eigenvalue weighted by Gasteiger charge is 2.36. The number of ether oxygens (including phenoxy) is 1. The van der Waals surface area contributed by atoms with Crippen molar-refractivity contribution in [1.29, 1.82) is 5.26 Å². The van der Waals surface area contributed by atoms with Gasteiger partial charge in [0, 0.05) is 19.3 Å². The van der Waals surface area contributed by atoms with Crippen LogP contribution in [0, 0.1) is 30.1 Å². The summed E-state index contributed by atoms with van der Waals surface area (Å²) in [6, 6.07) is 4.01. The molecule has 0 bridgehead atoms. The molecule has 1 saturated heterocycles. The maximum absolute atomic E-state index is 11.7. The summed E-state index contributed by atoms with van der Waals surface area (Å²) in [7, 11) is 1.41. The molecule has 5 nitrogen and oxygen atoms in total. The number of anilines is 1. The number of aryl methyl sites for hydroxylation is 1. The summed E-state index contributed by atoms with van der Waals surface area (Å²) in [5.74, 6) is 0.516. The Bertz CT molecular complexity index is 536. The number of carbonyl (C=O) groups is 1. The van der Waals surface area contributed by atoms with Gasteiger partial charge in [0.2, 0.25) is 0 Å². The minimum absolute atomic E-state index is 0.154. The molecule has 19 heavy (non-hydrogen) atoms. The number of nitriles is 1. The molecular formula is C14H17N3O2. The van der Waals surface area contributed by atoms with Crippen LogP contribution < -0.4 is 4.90 Å². The van der Waals surface area contributed by atoms with Crippen molar-refractivity contribution in [1.82, 2.24) is 4.98 Å². The smallest absolute Gasteiger partial charge is 0.310 e. The number of esters is 1. The van der Waals surface area contributed by atoms with Crippen molar-refractivity contribution in [3.63, 3.8) is 0 Å². The Morgan fingerprint density at radius 2 is 2.32 bits per heavy atom. The highest BCUT2D eigenvalue weighted by Crippen LogP contribution is 2.30. The van der Waals surface area contributed by atoms with Crippen LogP contribution in [0.3, 0.4) is 0 Å². The van der Waals surface area contributed by atoms with E-state index in [2.05, 4.69) is 11.1 Å². The molecule has 0 aromatic carbocycles. The third-order valence-corrected chi connectivity index (χ3v) is 3.67. The summed E-state index contributed by atoms with van der Waals surface area (Å²) in [4.78, 5) is 18.0. The lowest BCUT2D eigenvalue weighted by Gasteiger charge is -2.19. The number of aromatic nitrogens is 1. The van der Waals surface area contributed by atoms with Crippen molar-refractivity contribution in [2.75, 3.05) is 25.1 Å². The zero-order chi connectivity index (χ0) is 14.0. The third kappa shape index (κ3) is 2.39. The summed E-state index contributed by atoms with van der Waals surface area (Å²) >= 11 is 0. The average molecular weight is 259 g/mol. The van der Waals surface area contributed by atoms with Crippen LogP contribution in [0.25, 0.3) is 0 Å². The molecule has 0 spiro atoms. The summed E-state index contributed by atoms with van der Waals surface area (Å²) in [6.07, 6.45) is 1.70. The summed E-state index contributed by atoms with van der Waals surface area (Å²) in [6.45, 7) is 5.17. The Morgan fingerprint density at radius 3 is 2.95 bits per heavy atom. The van der Waals surface area contributed by atoms with Crippen LogP contribution in [-0.4, -0.2) is 31.2 Å². The number of carbonyl (C=O) groups excluding carboxylic acids is 1. The van der Waals surface area contributed by atoms with E-state index < -0.39 is 0 Å². The molecule has 1 aromatic rings. The minimum atomic E-state index is -0.193. The second kappa shape index (κ2) is 5.27. The first-order chi connectivity index (χ1) is 9.08. The molecule has 2 atom stereocenters. The zero-order valence-electron chi connectivity index (χ0n) is 11.4. The van der Waals surface area contributed by atoms with Crippen molar-refractivity contribution in [2.24, 2.45) is 11.8 Å². The molecule has 5 heteroatoms. The molecule has 0 saturated carbocycles. The number of pyridine rings is 1. The molecule has 1 aliphatic heterocycles. The van der Waals surface area contributed by atoms with Crippen LogP contribution in [0.4, 0.5) is 5.82 Å².